The van der Waals surface area contributed by atoms with Crippen LogP contribution in [-0.2, 0) is 4.79 Å². The first kappa shape index (κ1) is 10.6. The first-order valence-electron chi connectivity index (χ1n) is 6.69. The largest absolute Gasteiger partial charge is 0.396 e. The molecule has 3 nitrogen and oxygen atoms in total. The summed E-state index contributed by atoms with van der Waals surface area (Å²) in [7, 11) is 0. The van der Waals surface area contributed by atoms with Crippen molar-refractivity contribution < 1.29 is 9.90 Å². The molecule has 1 atom stereocenters. The molecular weight excluding hydrogens is 202 g/mol. The Morgan fingerprint density at radius 1 is 1.19 bits per heavy atom. The molecule has 0 spiro atoms. The van der Waals surface area contributed by atoms with Crippen molar-refractivity contribution in [3.8, 4) is 0 Å². The van der Waals surface area contributed by atoms with Crippen molar-refractivity contribution >= 4 is 5.91 Å². The van der Waals surface area contributed by atoms with Crippen LogP contribution >= 0.6 is 0 Å². The lowest BCUT2D eigenvalue weighted by molar-refractivity contribution is -0.136. The van der Waals surface area contributed by atoms with Gasteiger partial charge < -0.3 is 10.0 Å². The van der Waals surface area contributed by atoms with Crippen LogP contribution in [0, 0.1) is 23.7 Å². The molecule has 0 radical (unpaired) electrons. The van der Waals surface area contributed by atoms with E-state index < -0.39 is 0 Å². The molecule has 0 aromatic carbocycles. The topological polar surface area (TPSA) is 40.5 Å². The Labute approximate surface area is 96.8 Å². The first-order chi connectivity index (χ1) is 7.79. The van der Waals surface area contributed by atoms with Gasteiger partial charge in [-0.2, -0.15) is 0 Å². The van der Waals surface area contributed by atoms with E-state index in [1.54, 1.807) is 0 Å². The molecule has 2 aliphatic carbocycles. The molecule has 1 saturated heterocycles. The van der Waals surface area contributed by atoms with Crippen LogP contribution in [-0.4, -0.2) is 35.6 Å². The molecule has 3 fully saturated rings. The number of likely N-dealkylation sites (tertiary alicyclic amines) is 1. The average molecular weight is 223 g/mol. The summed E-state index contributed by atoms with van der Waals surface area (Å²) < 4.78 is 0. The van der Waals surface area contributed by atoms with E-state index in [4.69, 9.17) is 5.11 Å². The molecule has 3 rings (SSSR count). The summed E-state index contributed by atoms with van der Waals surface area (Å²) >= 11 is 0. The summed E-state index contributed by atoms with van der Waals surface area (Å²) in [4.78, 5) is 14.4. The molecule has 3 aliphatic rings. The standard InChI is InChI=1S/C13H21NO2/c15-8-9-5-6-14(7-9)13(16)12(10-1-2-10)11-3-4-11/h9-12,15H,1-8H2. The highest BCUT2D eigenvalue weighted by molar-refractivity contribution is 5.80. The normalized spacial score (nSPS) is 30.1. The number of aliphatic hydroxyl groups excluding tert-OH is 1. The molecule has 1 N–H and O–H groups in total. The van der Waals surface area contributed by atoms with Gasteiger partial charge in [0, 0.05) is 31.5 Å². The number of carbonyl (C=O) groups excluding carboxylic acids is 1. The van der Waals surface area contributed by atoms with Crippen LogP contribution in [0.2, 0.25) is 0 Å². The third-order valence-corrected chi connectivity index (χ3v) is 4.40. The molecule has 1 heterocycles. The van der Waals surface area contributed by atoms with Crippen molar-refractivity contribution in [1.82, 2.24) is 4.90 Å². The number of carbonyl (C=O) groups is 1. The lowest BCUT2D eigenvalue weighted by Crippen LogP contribution is -2.36. The molecule has 1 aliphatic heterocycles. The Morgan fingerprint density at radius 2 is 1.81 bits per heavy atom. The summed E-state index contributed by atoms with van der Waals surface area (Å²) in [6.45, 7) is 1.91. The van der Waals surface area contributed by atoms with Gasteiger partial charge in [-0.1, -0.05) is 0 Å². The van der Waals surface area contributed by atoms with Crippen molar-refractivity contribution in [1.29, 1.82) is 0 Å². The van der Waals surface area contributed by atoms with Gasteiger partial charge in [0.15, 0.2) is 0 Å². The first-order valence-corrected chi connectivity index (χ1v) is 6.69. The van der Waals surface area contributed by atoms with Gasteiger partial charge in [0.25, 0.3) is 0 Å². The number of aliphatic hydroxyl groups is 1. The summed E-state index contributed by atoms with van der Waals surface area (Å²) in [6.07, 6.45) is 6.06. The highest BCUT2D eigenvalue weighted by Crippen LogP contribution is 2.50. The van der Waals surface area contributed by atoms with Crippen LogP contribution in [0.4, 0.5) is 0 Å². The maximum atomic E-state index is 12.4. The summed E-state index contributed by atoms with van der Waals surface area (Å²) in [5.41, 5.74) is 0. The fourth-order valence-corrected chi connectivity index (χ4v) is 3.09. The van der Waals surface area contributed by atoms with Crippen molar-refractivity contribution in [2.75, 3.05) is 19.7 Å². The van der Waals surface area contributed by atoms with Crippen LogP contribution in [0.15, 0.2) is 0 Å². The van der Waals surface area contributed by atoms with E-state index in [9.17, 15) is 4.79 Å². The highest BCUT2D eigenvalue weighted by atomic mass is 16.3. The highest BCUT2D eigenvalue weighted by Gasteiger charge is 2.47. The van der Waals surface area contributed by atoms with Gasteiger partial charge in [-0.05, 0) is 43.9 Å². The second-order valence-corrected chi connectivity index (χ2v) is 5.82. The summed E-state index contributed by atoms with van der Waals surface area (Å²) in [5.74, 6) is 2.49. The Bertz CT molecular complexity index is 272. The Hall–Kier alpha value is -0.570. The number of hydrogen-bond donors (Lipinski definition) is 1. The molecule has 0 aromatic rings. The second-order valence-electron chi connectivity index (χ2n) is 5.82. The predicted octanol–water partition coefficient (Wildman–Crippen LogP) is 1.26. The lowest BCUT2D eigenvalue weighted by Gasteiger charge is -2.23. The molecular formula is C13H21NO2. The van der Waals surface area contributed by atoms with Crippen LogP contribution in [0.25, 0.3) is 0 Å². The molecule has 2 saturated carbocycles. The summed E-state index contributed by atoms with van der Waals surface area (Å²) in [6, 6.07) is 0. The lowest BCUT2D eigenvalue weighted by atomic mass is 9.96. The van der Waals surface area contributed by atoms with Crippen LogP contribution < -0.4 is 0 Å². The third kappa shape index (κ3) is 1.97. The zero-order valence-electron chi connectivity index (χ0n) is 9.77. The van der Waals surface area contributed by atoms with Crippen molar-refractivity contribution in [2.45, 2.75) is 32.1 Å². The van der Waals surface area contributed by atoms with Crippen molar-refractivity contribution in [3.63, 3.8) is 0 Å². The van der Waals surface area contributed by atoms with Crippen molar-refractivity contribution in [3.05, 3.63) is 0 Å². The molecule has 0 aromatic heterocycles. The van der Waals surface area contributed by atoms with Crippen LogP contribution in [0.5, 0.6) is 0 Å². The molecule has 3 heteroatoms. The molecule has 1 unspecified atom stereocenters. The average Bonchev–Trinajstić information content (AvgIpc) is 3.21. The minimum absolute atomic E-state index is 0.237. The maximum Gasteiger partial charge on any atom is 0.226 e. The van der Waals surface area contributed by atoms with Gasteiger partial charge in [0.1, 0.15) is 0 Å². The molecule has 16 heavy (non-hydrogen) atoms. The van der Waals surface area contributed by atoms with E-state index in [-0.39, 0.29) is 6.61 Å². The Kier molecular flexibility index (Phi) is 2.66. The zero-order valence-corrected chi connectivity index (χ0v) is 9.77. The minimum atomic E-state index is 0.237. The van der Waals surface area contributed by atoms with E-state index in [2.05, 4.69) is 0 Å². The van der Waals surface area contributed by atoms with Gasteiger partial charge in [0.05, 0.1) is 0 Å². The quantitative estimate of drug-likeness (QED) is 0.779. The van der Waals surface area contributed by atoms with Gasteiger partial charge in [-0.25, -0.2) is 0 Å². The SMILES string of the molecule is O=C(C(C1CC1)C1CC1)N1CCC(CO)C1. The van der Waals surface area contributed by atoms with E-state index in [0.717, 1.165) is 19.5 Å². The van der Waals surface area contributed by atoms with Gasteiger partial charge in [-0.15, -0.1) is 0 Å². The van der Waals surface area contributed by atoms with E-state index in [1.165, 1.54) is 25.7 Å². The van der Waals surface area contributed by atoms with Gasteiger partial charge >= 0.3 is 0 Å². The monoisotopic (exact) mass is 223 g/mol. The van der Waals surface area contributed by atoms with Crippen molar-refractivity contribution in [2.24, 2.45) is 23.7 Å². The van der Waals surface area contributed by atoms with E-state index >= 15 is 0 Å². The minimum Gasteiger partial charge on any atom is -0.396 e. The smallest absolute Gasteiger partial charge is 0.226 e. The molecule has 0 bridgehead atoms. The Balaban J connectivity index is 1.62. The zero-order chi connectivity index (χ0) is 11.1. The fraction of sp³-hybridized carbons (Fsp3) is 0.923. The second kappa shape index (κ2) is 4.02. The van der Waals surface area contributed by atoms with Crippen LogP contribution in [0.1, 0.15) is 32.1 Å². The van der Waals surface area contributed by atoms with Crippen LogP contribution in [0.3, 0.4) is 0 Å². The van der Waals surface area contributed by atoms with Gasteiger partial charge in [0.2, 0.25) is 5.91 Å². The summed E-state index contributed by atoms with van der Waals surface area (Å²) in [5, 5.41) is 9.11. The Morgan fingerprint density at radius 3 is 2.25 bits per heavy atom. The number of rotatable bonds is 4. The fourth-order valence-electron chi connectivity index (χ4n) is 3.09. The maximum absolute atomic E-state index is 12.4. The van der Waals surface area contributed by atoms with E-state index in [1.807, 2.05) is 4.90 Å². The van der Waals surface area contributed by atoms with E-state index in [0.29, 0.717) is 29.6 Å². The number of amides is 1. The third-order valence-electron chi connectivity index (χ3n) is 4.40. The molecule has 90 valence electrons. The molecule has 1 amide bonds. The van der Waals surface area contributed by atoms with Gasteiger partial charge in [-0.3, -0.25) is 4.79 Å². The number of nitrogens with zero attached hydrogens (tertiary/aromatic N) is 1. The predicted molar refractivity (Wildman–Crippen MR) is 60.7 cm³/mol. The number of hydrogen-bond acceptors (Lipinski definition) is 2.